The third-order valence-corrected chi connectivity index (χ3v) is 11.1. The van der Waals surface area contributed by atoms with Crippen LogP contribution in [-0.2, 0) is 0 Å². The number of hydrogen-bond donors (Lipinski definition) is 0. The van der Waals surface area contributed by atoms with E-state index < -0.39 is 0 Å². The highest BCUT2D eigenvalue weighted by Gasteiger charge is 2.21. The Morgan fingerprint density at radius 1 is 0.364 bits per heavy atom. The normalized spacial score (nSPS) is 11.6. The molecule has 0 aliphatic carbocycles. The highest BCUT2D eigenvalue weighted by atomic mass is 15.0. The maximum Gasteiger partial charge on any atom is 0.0998 e. The first-order chi connectivity index (χ1) is 27.2. The quantitative estimate of drug-likeness (QED) is 0.184. The zero-order valence-corrected chi connectivity index (χ0v) is 29.5. The highest BCUT2D eigenvalue weighted by molar-refractivity contribution is 6.17. The van der Waals surface area contributed by atoms with E-state index in [0.717, 1.165) is 82.8 Å². The van der Waals surface area contributed by atoms with Crippen molar-refractivity contribution in [1.82, 2.24) is 13.7 Å². The summed E-state index contributed by atoms with van der Waals surface area (Å²) in [5.41, 5.74) is 12.5. The predicted octanol–water partition coefficient (Wildman–Crippen LogP) is 12.4. The van der Waals surface area contributed by atoms with Gasteiger partial charge in [-0.15, -0.1) is 0 Å². The van der Waals surface area contributed by atoms with Gasteiger partial charge in [-0.25, -0.2) is 0 Å². The number of hydrogen-bond acceptors (Lipinski definition) is 2. The lowest BCUT2D eigenvalue weighted by Gasteiger charge is -2.16. The van der Waals surface area contributed by atoms with Gasteiger partial charge in [-0.05, 0) is 78.4 Å². The minimum Gasteiger partial charge on any atom is -0.309 e. The second-order valence-corrected chi connectivity index (χ2v) is 14.0. The molecule has 0 amide bonds. The molecule has 5 nitrogen and oxygen atoms in total. The van der Waals surface area contributed by atoms with Gasteiger partial charge in [-0.3, -0.25) is 0 Å². The van der Waals surface area contributed by atoms with E-state index in [-0.39, 0.29) is 0 Å². The van der Waals surface area contributed by atoms with Crippen molar-refractivity contribution in [3.05, 3.63) is 187 Å². The molecule has 254 valence electrons. The summed E-state index contributed by atoms with van der Waals surface area (Å²) >= 11 is 0. The molecule has 11 rings (SSSR count). The Labute approximate surface area is 316 Å². The molecule has 3 aromatic heterocycles. The third kappa shape index (κ3) is 4.39. The first-order valence-corrected chi connectivity index (χ1v) is 18.3. The van der Waals surface area contributed by atoms with E-state index in [1.807, 2.05) is 48.5 Å². The maximum absolute atomic E-state index is 10.5. The summed E-state index contributed by atoms with van der Waals surface area (Å²) in [5.74, 6) is 0. The fourth-order valence-corrected chi connectivity index (χ4v) is 8.89. The number of nitriles is 2. The SMILES string of the molecule is N#Cc1cc(-c2ccccc2-n2c3ccccc3c3c(C#N)cccc32)cc(-n2c3ccccc3c3c(-n4c5ccccc5c5ccccc54)cccc32)c1. The van der Waals surface area contributed by atoms with Gasteiger partial charge in [0.15, 0.2) is 0 Å². The molecule has 0 bridgehead atoms. The summed E-state index contributed by atoms with van der Waals surface area (Å²) in [7, 11) is 0. The minimum atomic E-state index is 0.570. The van der Waals surface area contributed by atoms with Gasteiger partial charge in [0.05, 0.1) is 67.7 Å². The zero-order chi connectivity index (χ0) is 36.6. The number of rotatable bonds is 4. The van der Waals surface area contributed by atoms with Crippen molar-refractivity contribution in [1.29, 1.82) is 10.5 Å². The number of para-hydroxylation sites is 5. The lowest BCUT2D eigenvalue weighted by atomic mass is 10.00. The molecule has 0 atom stereocenters. The summed E-state index contributed by atoms with van der Waals surface area (Å²) in [5, 5.41) is 27.3. The molecule has 0 N–H and O–H groups in total. The lowest BCUT2D eigenvalue weighted by Crippen LogP contribution is -2.00. The van der Waals surface area contributed by atoms with Gasteiger partial charge >= 0.3 is 0 Å². The molecule has 0 unspecified atom stereocenters. The highest BCUT2D eigenvalue weighted by Crippen LogP contribution is 2.42. The number of aromatic nitrogens is 3. The summed E-state index contributed by atoms with van der Waals surface area (Å²) in [6.45, 7) is 0. The van der Waals surface area contributed by atoms with E-state index in [4.69, 9.17) is 0 Å². The van der Waals surface area contributed by atoms with E-state index in [9.17, 15) is 10.5 Å². The molecule has 5 heteroatoms. The van der Waals surface area contributed by atoms with Gasteiger partial charge < -0.3 is 13.7 Å². The van der Waals surface area contributed by atoms with E-state index in [1.54, 1.807) is 0 Å². The lowest BCUT2D eigenvalue weighted by molar-refractivity contribution is 1.16. The van der Waals surface area contributed by atoms with Crippen LogP contribution in [0, 0.1) is 22.7 Å². The Morgan fingerprint density at radius 3 is 1.53 bits per heavy atom. The Kier molecular flexibility index (Phi) is 6.61. The Morgan fingerprint density at radius 2 is 0.855 bits per heavy atom. The van der Waals surface area contributed by atoms with Crippen LogP contribution in [0.5, 0.6) is 0 Å². The average Bonchev–Trinajstić information content (AvgIpc) is 3.89. The summed E-state index contributed by atoms with van der Waals surface area (Å²) in [6.07, 6.45) is 0. The monoisotopic (exact) mass is 699 g/mol. The molecule has 3 heterocycles. The van der Waals surface area contributed by atoms with Crippen molar-refractivity contribution in [2.75, 3.05) is 0 Å². The Balaban J connectivity index is 1.19. The second-order valence-electron chi connectivity index (χ2n) is 14.0. The van der Waals surface area contributed by atoms with Crippen molar-refractivity contribution >= 4 is 65.4 Å². The summed E-state index contributed by atoms with van der Waals surface area (Å²) in [6, 6.07) is 65.9. The summed E-state index contributed by atoms with van der Waals surface area (Å²) < 4.78 is 6.94. The topological polar surface area (TPSA) is 62.4 Å². The van der Waals surface area contributed by atoms with Gasteiger partial charge in [0.25, 0.3) is 0 Å². The van der Waals surface area contributed by atoms with Crippen LogP contribution >= 0.6 is 0 Å². The molecule has 11 aromatic rings. The molecule has 0 radical (unpaired) electrons. The van der Waals surface area contributed by atoms with Crippen LogP contribution in [0.1, 0.15) is 11.1 Å². The molecule has 0 fully saturated rings. The molecular weight excluding hydrogens is 671 g/mol. The van der Waals surface area contributed by atoms with Crippen molar-refractivity contribution in [3.63, 3.8) is 0 Å². The number of nitrogens with zero attached hydrogens (tertiary/aromatic N) is 5. The van der Waals surface area contributed by atoms with E-state index in [0.29, 0.717) is 11.1 Å². The van der Waals surface area contributed by atoms with Crippen molar-refractivity contribution in [3.8, 4) is 40.3 Å². The van der Waals surface area contributed by atoms with Crippen LogP contribution in [0.2, 0.25) is 0 Å². The molecular formula is C50H29N5. The first kappa shape index (κ1) is 30.7. The molecule has 0 aliphatic rings. The average molecular weight is 700 g/mol. The standard InChI is InChI=1S/C50H29N5/c51-30-32-27-34(36-14-1-6-19-41(36)54-45-23-10-4-17-39(45)49-33(31-52)13-11-24-46(49)54)29-35(28-32)53-44-22-9-5-18-40(44)50-47(53)25-12-26-48(50)55-42-20-7-2-15-37(42)38-16-3-8-21-43(38)55/h1-29H. The number of fused-ring (bicyclic) bond motifs is 9. The van der Waals surface area contributed by atoms with E-state index in [1.165, 1.54) is 10.8 Å². The van der Waals surface area contributed by atoms with Gasteiger partial charge in [-0.2, -0.15) is 10.5 Å². The predicted molar refractivity (Wildman–Crippen MR) is 224 cm³/mol. The van der Waals surface area contributed by atoms with Gasteiger partial charge in [0.1, 0.15) is 0 Å². The van der Waals surface area contributed by atoms with Crippen LogP contribution in [-0.4, -0.2) is 13.7 Å². The third-order valence-electron chi connectivity index (χ3n) is 11.1. The van der Waals surface area contributed by atoms with Crippen LogP contribution < -0.4 is 0 Å². The van der Waals surface area contributed by atoms with Crippen molar-refractivity contribution < 1.29 is 0 Å². The maximum atomic E-state index is 10.5. The fourth-order valence-electron chi connectivity index (χ4n) is 8.89. The zero-order valence-electron chi connectivity index (χ0n) is 29.5. The van der Waals surface area contributed by atoms with Crippen molar-refractivity contribution in [2.24, 2.45) is 0 Å². The Bertz CT molecular complexity index is 3420. The molecule has 55 heavy (non-hydrogen) atoms. The molecule has 0 saturated carbocycles. The van der Waals surface area contributed by atoms with E-state index in [2.05, 4.69) is 153 Å². The fraction of sp³-hybridized carbons (Fsp3) is 0. The van der Waals surface area contributed by atoms with Crippen molar-refractivity contribution in [2.45, 2.75) is 0 Å². The van der Waals surface area contributed by atoms with Gasteiger partial charge in [0, 0.05) is 43.6 Å². The van der Waals surface area contributed by atoms with Crippen LogP contribution in [0.3, 0.4) is 0 Å². The largest absolute Gasteiger partial charge is 0.309 e. The number of benzene rings is 8. The molecule has 0 spiro atoms. The summed E-state index contributed by atoms with van der Waals surface area (Å²) in [4.78, 5) is 0. The molecule has 8 aromatic carbocycles. The second kappa shape index (κ2) is 11.8. The minimum absolute atomic E-state index is 0.570. The van der Waals surface area contributed by atoms with Crippen LogP contribution in [0.25, 0.3) is 93.6 Å². The molecule has 0 saturated heterocycles. The Hall–Kier alpha value is -7.86. The van der Waals surface area contributed by atoms with Gasteiger partial charge in [0.2, 0.25) is 0 Å². The van der Waals surface area contributed by atoms with E-state index >= 15 is 0 Å². The first-order valence-electron chi connectivity index (χ1n) is 18.3. The van der Waals surface area contributed by atoms with Crippen LogP contribution in [0.4, 0.5) is 0 Å². The van der Waals surface area contributed by atoms with Gasteiger partial charge in [-0.1, -0.05) is 103 Å². The molecule has 0 aliphatic heterocycles. The smallest absolute Gasteiger partial charge is 0.0998 e. The van der Waals surface area contributed by atoms with Crippen LogP contribution in [0.15, 0.2) is 176 Å².